The molecule has 0 aromatic heterocycles. The van der Waals surface area contributed by atoms with Gasteiger partial charge in [-0.3, -0.25) is 9.59 Å². The fourth-order valence-corrected chi connectivity index (χ4v) is 11.5. The number of carbonyl (C=O) groups excluding carboxylic acids is 2. The first-order chi connectivity index (χ1) is 40.0. The summed E-state index contributed by atoms with van der Waals surface area (Å²) in [5.74, 6) is -0.0474. The van der Waals surface area contributed by atoms with Gasteiger partial charge in [-0.05, 0) is 83.5 Å². The number of amides is 1. The molecule has 0 saturated heterocycles. The summed E-state index contributed by atoms with van der Waals surface area (Å²) >= 11 is 0. The molecule has 6 heteroatoms. The van der Waals surface area contributed by atoms with Crippen molar-refractivity contribution in [1.29, 1.82) is 0 Å². The van der Waals surface area contributed by atoms with E-state index in [0.29, 0.717) is 19.4 Å². The van der Waals surface area contributed by atoms with Gasteiger partial charge in [0, 0.05) is 12.8 Å². The predicted octanol–water partition coefficient (Wildman–Crippen LogP) is 23.9. The van der Waals surface area contributed by atoms with Gasteiger partial charge < -0.3 is 20.3 Å². The monoisotopic (exact) mass is 1140 g/mol. The number of hydrogen-bond acceptors (Lipinski definition) is 5. The summed E-state index contributed by atoms with van der Waals surface area (Å²) in [5, 5.41) is 23.1. The zero-order valence-electron chi connectivity index (χ0n) is 54.8. The molecule has 0 bridgehead atoms. The van der Waals surface area contributed by atoms with Gasteiger partial charge >= 0.3 is 5.97 Å². The highest BCUT2D eigenvalue weighted by Crippen LogP contribution is 2.19. The van der Waals surface area contributed by atoms with Crippen LogP contribution in [0.4, 0.5) is 0 Å². The minimum absolute atomic E-state index is 0.0156. The van der Waals surface area contributed by atoms with Gasteiger partial charge in [-0.1, -0.05) is 346 Å². The first-order valence-electron chi connectivity index (χ1n) is 36.8. The van der Waals surface area contributed by atoms with Crippen molar-refractivity contribution in [1.82, 2.24) is 5.32 Å². The van der Waals surface area contributed by atoms with Gasteiger partial charge in [0.25, 0.3) is 0 Å². The molecule has 0 spiro atoms. The van der Waals surface area contributed by atoms with Gasteiger partial charge in [-0.2, -0.15) is 0 Å². The largest absolute Gasteiger partial charge is 0.466 e. The van der Waals surface area contributed by atoms with E-state index in [1.165, 1.54) is 334 Å². The Hall–Kier alpha value is -1.92. The van der Waals surface area contributed by atoms with Crippen LogP contribution < -0.4 is 5.32 Å². The molecule has 0 aromatic carbocycles. The number of allylic oxidation sites excluding steroid dienone is 5. The van der Waals surface area contributed by atoms with Crippen molar-refractivity contribution < 1.29 is 24.5 Å². The van der Waals surface area contributed by atoms with Crippen LogP contribution in [-0.4, -0.2) is 47.4 Å². The molecule has 2 unspecified atom stereocenters. The third kappa shape index (κ3) is 67.1. The van der Waals surface area contributed by atoms with Crippen LogP contribution in [0.2, 0.25) is 0 Å². The second-order valence-corrected chi connectivity index (χ2v) is 25.3. The maximum atomic E-state index is 12.5. The van der Waals surface area contributed by atoms with Gasteiger partial charge in [0.05, 0.1) is 25.4 Å². The topological polar surface area (TPSA) is 95.9 Å². The van der Waals surface area contributed by atoms with Gasteiger partial charge in [-0.25, -0.2) is 0 Å². The first-order valence-corrected chi connectivity index (χ1v) is 36.8. The number of hydrogen-bond donors (Lipinski definition) is 3. The summed E-state index contributed by atoms with van der Waals surface area (Å²) in [6.07, 6.45) is 91.0. The Labute approximate surface area is 506 Å². The normalized spacial score (nSPS) is 12.7. The van der Waals surface area contributed by atoms with Crippen LogP contribution in [-0.2, 0) is 14.3 Å². The number of ether oxygens (including phenoxy) is 1. The van der Waals surface area contributed by atoms with Crippen LogP contribution in [0, 0.1) is 0 Å². The molecule has 0 saturated carbocycles. The second kappa shape index (κ2) is 70.6. The van der Waals surface area contributed by atoms with E-state index in [2.05, 4.69) is 43.5 Å². The Morgan fingerprint density at radius 1 is 0.333 bits per heavy atom. The van der Waals surface area contributed by atoms with Gasteiger partial charge in [0.1, 0.15) is 0 Å². The van der Waals surface area contributed by atoms with Crippen molar-refractivity contribution in [3.63, 3.8) is 0 Å². The molecule has 0 rings (SSSR count). The molecule has 2 atom stereocenters. The Kier molecular flexibility index (Phi) is 68.9. The molecule has 0 heterocycles. The van der Waals surface area contributed by atoms with Crippen molar-refractivity contribution in [3.05, 3.63) is 36.5 Å². The molecule has 478 valence electrons. The zero-order chi connectivity index (χ0) is 58.5. The predicted molar refractivity (Wildman–Crippen MR) is 356 cm³/mol. The van der Waals surface area contributed by atoms with Crippen molar-refractivity contribution in [2.45, 2.75) is 418 Å². The van der Waals surface area contributed by atoms with E-state index in [9.17, 15) is 19.8 Å². The third-order valence-electron chi connectivity index (χ3n) is 17.1. The number of aliphatic hydroxyl groups is 2. The van der Waals surface area contributed by atoms with Crippen LogP contribution in [0.3, 0.4) is 0 Å². The molecule has 0 aliphatic heterocycles. The lowest BCUT2D eigenvalue weighted by Gasteiger charge is -2.20. The van der Waals surface area contributed by atoms with E-state index < -0.39 is 12.1 Å². The summed E-state index contributed by atoms with van der Waals surface area (Å²) in [5.41, 5.74) is 0. The fraction of sp³-hybridized carbons (Fsp3) is 0.893. The van der Waals surface area contributed by atoms with Crippen LogP contribution in [0.25, 0.3) is 0 Å². The van der Waals surface area contributed by atoms with E-state index in [-0.39, 0.29) is 18.5 Å². The maximum absolute atomic E-state index is 12.5. The fourth-order valence-electron chi connectivity index (χ4n) is 11.5. The van der Waals surface area contributed by atoms with E-state index in [4.69, 9.17) is 4.74 Å². The lowest BCUT2D eigenvalue weighted by molar-refractivity contribution is -0.143. The maximum Gasteiger partial charge on any atom is 0.305 e. The molecule has 1 amide bonds. The lowest BCUT2D eigenvalue weighted by Crippen LogP contribution is -2.45. The number of carbonyl (C=O) groups is 2. The highest BCUT2D eigenvalue weighted by atomic mass is 16.5. The number of nitrogens with one attached hydrogen (secondary N) is 1. The van der Waals surface area contributed by atoms with Crippen molar-refractivity contribution in [2.75, 3.05) is 13.2 Å². The summed E-state index contributed by atoms with van der Waals surface area (Å²) in [6.45, 7) is 4.93. The number of unbranched alkanes of at least 4 members (excludes halogenated alkanes) is 54. The molecule has 0 aliphatic carbocycles. The zero-order valence-corrected chi connectivity index (χ0v) is 54.8. The van der Waals surface area contributed by atoms with Crippen molar-refractivity contribution in [2.24, 2.45) is 0 Å². The van der Waals surface area contributed by atoms with Crippen LogP contribution in [0.1, 0.15) is 406 Å². The Morgan fingerprint density at radius 2 is 0.580 bits per heavy atom. The molecule has 0 radical (unpaired) electrons. The molecule has 0 fully saturated rings. The number of aliphatic hydroxyl groups excluding tert-OH is 2. The molecular weight excluding hydrogens is 995 g/mol. The quantitative estimate of drug-likeness (QED) is 0.0320. The number of rotatable bonds is 69. The Bertz CT molecular complexity index is 1310. The average molecular weight is 1140 g/mol. The minimum Gasteiger partial charge on any atom is -0.466 e. The minimum atomic E-state index is -0.842. The van der Waals surface area contributed by atoms with Crippen LogP contribution in [0.5, 0.6) is 0 Å². The SMILES string of the molecule is CCCCCCCC/C=C\CCCCCCCCCC(=O)OCCCCCCCCCCCCCC/C=C\CCCCCCCCCCCCCCCCCCCC(=O)NC(CO)C(O)/C=C/CCCCCCCCCCCCCC. The van der Waals surface area contributed by atoms with E-state index in [0.717, 1.165) is 44.9 Å². The smallest absolute Gasteiger partial charge is 0.305 e. The van der Waals surface area contributed by atoms with Gasteiger partial charge in [0.15, 0.2) is 0 Å². The third-order valence-corrected chi connectivity index (χ3v) is 17.1. The van der Waals surface area contributed by atoms with Crippen LogP contribution in [0.15, 0.2) is 36.5 Å². The second-order valence-electron chi connectivity index (χ2n) is 25.3. The standard InChI is InChI=1S/C75H143NO5/c1-3-5-7-9-11-13-15-17-19-37-41-45-49-53-57-61-65-69-75(80)81-70-66-62-58-54-50-46-42-39-36-34-32-30-28-26-24-22-20-21-23-25-27-29-31-33-35-38-40-44-48-52-56-60-64-68-74(79)76-72(71-77)73(78)67-63-59-55-51-47-43-18-16-14-12-10-8-6-4-2/h17,19,24,26,63,67,72-73,77-78H,3-16,18,20-23,25,27-62,64-66,68-71H2,1-2H3,(H,76,79)/b19-17-,26-24-,67-63+. The molecule has 0 aliphatic rings. The molecule has 6 nitrogen and oxygen atoms in total. The Balaban J connectivity index is 3.35. The van der Waals surface area contributed by atoms with E-state index >= 15 is 0 Å². The summed E-state index contributed by atoms with van der Waals surface area (Å²) < 4.78 is 5.50. The first kappa shape index (κ1) is 79.1. The lowest BCUT2D eigenvalue weighted by atomic mass is 10.0. The van der Waals surface area contributed by atoms with E-state index in [1.54, 1.807) is 6.08 Å². The van der Waals surface area contributed by atoms with Gasteiger partial charge in [0.2, 0.25) is 5.91 Å². The average Bonchev–Trinajstić information content (AvgIpc) is 3.47. The highest BCUT2D eigenvalue weighted by molar-refractivity contribution is 5.76. The van der Waals surface area contributed by atoms with Gasteiger partial charge in [-0.15, -0.1) is 0 Å². The van der Waals surface area contributed by atoms with Crippen LogP contribution >= 0.6 is 0 Å². The molecule has 81 heavy (non-hydrogen) atoms. The molecule has 3 N–H and O–H groups in total. The van der Waals surface area contributed by atoms with Crippen molar-refractivity contribution >= 4 is 11.9 Å². The van der Waals surface area contributed by atoms with Crippen molar-refractivity contribution in [3.8, 4) is 0 Å². The van der Waals surface area contributed by atoms with E-state index in [1.807, 2.05) is 6.08 Å². The number of esters is 1. The Morgan fingerprint density at radius 3 is 0.877 bits per heavy atom. The highest BCUT2D eigenvalue weighted by Gasteiger charge is 2.18. The summed E-state index contributed by atoms with van der Waals surface area (Å²) in [6, 6.07) is -0.625. The molecule has 0 aromatic rings. The summed E-state index contributed by atoms with van der Waals surface area (Å²) in [7, 11) is 0. The molecular formula is C75H143NO5. The summed E-state index contributed by atoms with van der Waals surface area (Å²) in [4.78, 5) is 24.6.